The molecule has 118 valence electrons. The lowest BCUT2D eigenvalue weighted by molar-refractivity contribution is -0.0760. The first-order valence-electron chi connectivity index (χ1n) is 7.14. The van der Waals surface area contributed by atoms with E-state index in [9.17, 15) is 4.79 Å². The number of ether oxygens (including phenoxy) is 2. The summed E-state index contributed by atoms with van der Waals surface area (Å²) in [5.74, 6) is 1.17. The molecule has 1 saturated heterocycles. The van der Waals surface area contributed by atoms with E-state index in [1.807, 2.05) is 48.5 Å². The minimum absolute atomic E-state index is 0.231. The Hall–Kier alpha value is -1.56. The summed E-state index contributed by atoms with van der Waals surface area (Å²) in [6.45, 7) is 12.9. The van der Waals surface area contributed by atoms with E-state index < -0.39 is 23.5 Å². The second-order valence-corrected chi connectivity index (χ2v) is 6.87. The number of aromatic nitrogens is 1. The van der Waals surface area contributed by atoms with Gasteiger partial charge >= 0.3 is 6.09 Å². The monoisotopic (exact) mass is 296 g/mol. The van der Waals surface area contributed by atoms with Crippen molar-refractivity contribution < 1.29 is 18.7 Å². The Balaban J connectivity index is 2.35. The maximum absolute atomic E-state index is 12.6. The van der Waals surface area contributed by atoms with E-state index in [0.717, 1.165) is 0 Å². The Morgan fingerprint density at radius 1 is 1.43 bits per heavy atom. The summed E-state index contributed by atoms with van der Waals surface area (Å²) in [7, 11) is 0. The van der Waals surface area contributed by atoms with Gasteiger partial charge in [0, 0.05) is 0 Å². The Bertz CT molecular complexity index is 530. The van der Waals surface area contributed by atoms with Crippen LogP contribution >= 0.6 is 0 Å². The lowest BCUT2D eigenvalue weighted by Gasteiger charge is -2.34. The minimum Gasteiger partial charge on any atom is -0.444 e. The molecule has 0 radical (unpaired) electrons. The van der Waals surface area contributed by atoms with Gasteiger partial charge in [0.1, 0.15) is 23.1 Å². The fourth-order valence-electron chi connectivity index (χ4n) is 2.59. The van der Waals surface area contributed by atoms with Gasteiger partial charge in [-0.2, -0.15) is 0 Å². The molecule has 0 N–H and O–H groups in total. The Morgan fingerprint density at radius 2 is 2.05 bits per heavy atom. The van der Waals surface area contributed by atoms with Crippen molar-refractivity contribution in [1.29, 1.82) is 0 Å². The average molecular weight is 296 g/mol. The van der Waals surface area contributed by atoms with Crippen molar-refractivity contribution in [1.82, 2.24) is 9.88 Å². The van der Waals surface area contributed by atoms with Gasteiger partial charge in [-0.05, 0) is 48.5 Å². The fraction of sp³-hybridized carbons (Fsp3) is 0.733. The zero-order valence-electron chi connectivity index (χ0n) is 13.8. The van der Waals surface area contributed by atoms with Crippen molar-refractivity contribution >= 4 is 6.09 Å². The van der Waals surface area contributed by atoms with Crippen molar-refractivity contribution in [2.75, 3.05) is 0 Å². The molecule has 21 heavy (non-hydrogen) atoms. The third-order valence-corrected chi connectivity index (χ3v) is 3.26. The molecule has 1 aliphatic rings. The SMILES string of the molecule is Cc1cnc(C2C(C)OC(C)(C)N2C(=O)OC(C)(C)C)o1. The molecular weight excluding hydrogens is 272 g/mol. The van der Waals surface area contributed by atoms with Crippen molar-refractivity contribution in [3.8, 4) is 0 Å². The van der Waals surface area contributed by atoms with E-state index in [0.29, 0.717) is 11.7 Å². The fourth-order valence-corrected chi connectivity index (χ4v) is 2.59. The molecule has 0 aromatic carbocycles. The van der Waals surface area contributed by atoms with Gasteiger partial charge in [-0.1, -0.05) is 0 Å². The van der Waals surface area contributed by atoms with Gasteiger partial charge in [0.05, 0.1) is 12.3 Å². The Morgan fingerprint density at radius 3 is 2.52 bits per heavy atom. The van der Waals surface area contributed by atoms with E-state index in [2.05, 4.69) is 4.98 Å². The van der Waals surface area contributed by atoms with Crippen LogP contribution < -0.4 is 0 Å². The number of carbonyl (C=O) groups excluding carboxylic acids is 1. The number of aryl methyl sites for hydroxylation is 1. The van der Waals surface area contributed by atoms with Crippen LogP contribution in [0.5, 0.6) is 0 Å². The second-order valence-electron chi connectivity index (χ2n) is 6.87. The molecular formula is C15H24N2O4. The highest BCUT2D eigenvalue weighted by molar-refractivity contribution is 5.70. The van der Waals surface area contributed by atoms with E-state index in [-0.39, 0.29) is 6.10 Å². The van der Waals surface area contributed by atoms with Crippen LogP contribution in [0, 0.1) is 6.92 Å². The first-order valence-corrected chi connectivity index (χ1v) is 7.14. The third-order valence-electron chi connectivity index (χ3n) is 3.26. The predicted octanol–water partition coefficient (Wildman–Crippen LogP) is 3.42. The molecule has 1 amide bonds. The average Bonchev–Trinajstić information content (AvgIpc) is 2.76. The van der Waals surface area contributed by atoms with Crippen molar-refractivity contribution in [2.24, 2.45) is 0 Å². The van der Waals surface area contributed by atoms with E-state index >= 15 is 0 Å². The Labute approximate surface area is 125 Å². The van der Waals surface area contributed by atoms with Crippen LogP contribution in [-0.4, -0.2) is 33.4 Å². The summed E-state index contributed by atoms with van der Waals surface area (Å²) in [4.78, 5) is 18.4. The van der Waals surface area contributed by atoms with Crippen molar-refractivity contribution in [2.45, 2.75) is 71.9 Å². The predicted molar refractivity (Wildman–Crippen MR) is 76.7 cm³/mol. The lowest BCUT2D eigenvalue weighted by atomic mass is 10.1. The molecule has 1 fully saturated rings. The maximum atomic E-state index is 12.6. The van der Waals surface area contributed by atoms with Crippen LogP contribution in [0.25, 0.3) is 0 Å². The molecule has 1 aromatic rings. The highest BCUT2D eigenvalue weighted by atomic mass is 16.6. The highest BCUT2D eigenvalue weighted by Gasteiger charge is 2.52. The van der Waals surface area contributed by atoms with Crippen molar-refractivity contribution in [3.63, 3.8) is 0 Å². The van der Waals surface area contributed by atoms with Crippen LogP contribution in [0.3, 0.4) is 0 Å². The number of amides is 1. The zero-order valence-corrected chi connectivity index (χ0v) is 13.8. The summed E-state index contributed by atoms with van der Waals surface area (Å²) in [6, 6.07) is -0.399. The van der Waals surface area contributed by atoms with Gasteiger partial charge in [-0.25, -0.2) is 9.78 Å². The number of hydrogen-bond donors (Lipinski definition) is 0. The number of nitrogens with zero attached hydrogens (tertiary/aromatic N) is 2. The van der Waals surface area contributed by atoms with E-state index in [1.54, 1.807) is 11.1 Å². The van der Waals surface area contributed by atoms with Gasteiger partial charge in [0.15, 0.2) is 0 Å². The molecule has 6 heteroatoms. The molecule has 2 unspecified atom stereocenters. The highest BCUT2D eigenvalue weighted by Crippen LogP contribution is 2.41. The molecule has 2 heterocycles. The summed E-state index contributed by atoms with van der Waals surface area (Å²) >= 11 is 0. The minimum atomic E-state index is -0.783. The van der Waals surface area contributed by atoms with Crippen LogP contribution in [0.4, 0.5) is 4.79 Å². The molecule has 2 atom stereocenters. The maximum Gasteiger partial charge on any atom is 0.413 e. The number of rotatable bonds is 1. The molecule has 0 saturated carbocycles. The zero-order chi connectivity index (χ0) is 16.0. The molecule has 0 spiro atoms. The molecule has 6 nitrogen and oxygen atoms in total. The first-order chi connectivity index (χ1) is 9.51. The summed E-state index contributed by atoms with van der Waals surface area (Å²) in [5, 5.41) is 0. The Kier molecular flexibility index (Phi) is 3.78. The lowest BCUT2D eigenvalue weighted by Crippen LogP contribution is -2.47. The first kappa shape index (κ1) is 15.8. The van der Waals surface area contributed by atoms with Crippen LogP contribution in [0.1, 0.15) is 59.2 Å². The van der Waals surface area contributed by atoms with Gasteiger partial charge in [-0.3, -0.25) is 4.90 Å². The summed E-state index contributed by atoms with van der Waals surface area (Å²) in [6.07, 6.45) is 0.976. The van der Waals surface area contributed by atoms with Crippen LogP contribution in [-0.2, 0) is 9.47 Å². The van der Waals surface area contributed by atoms with Crippen LogP contribution in [0.15, 0.2) is 10.6 Å². The van der Waals surface area contributed by atoms with Crippen molar-refractivity contribution in [3.05, 3.63) is 17.8 Å². The normalized spacial score (nSPS) is 25.2. The topological polar surface area (TPSA) is 64.8 Å². The van der Waals surface area contributed by atoms with Crippen LogP contribution in [0.2, 0.25) is 0 Å². The third kappa shape index (κ3) is 3.20. The number of carbonyl (C=O) groups is 1. The van der Waals surface area contributed by atoms with E-state index in [1.165, 1.54) is 0 Å². The van der Waals surface area contributed by atoms with E-state index in [4.69, 9.17) is 13.9 Å². The molecule has 1 aliphatic heterocycles. The number of oxazole rings is 1. The largest absolute Gasteiger partial charge is 0.444 e. The molecule has 0 aliphatic carbocycles. The second kappa shape index (κ2) is 5.02. The van der Waals surface area contributed by atoms with Gasteiger partial charge in [0.25, 0.3) is 0 Å². The molecule has 0 bridgehead atoms. The standard InChI is InChI=1S/C15H24N2O4/c1-9-8-16-12(19-9)11-10(2)20-15(6,7)17(11)13(18)21-14(3,4)5/h8,10-11H,1-7H3. The smallest absolute Gasteiger partial charge is 0.413 e. The van der Waals surface area contributed by atoms with Gasteiger partial charge in [-0.15, -0.1) is 0 Å². The molecule has 2 rings (SSSR count). The molecule has 1 aromatic heterocycles. The number of hydrogen-bond acceptors (Lipinski definition) is 5. The van der Waals surface area contributed by atoms with Gasteiger partial charge in [0.2, 0.25) is 5.89 Å². The summed E-state index contributed by atoms with van der Waals surface area (Å²) in [5.41, 5.74) is -1.36. The quantitative estimate of drug-likeness (QED) is 0.794. The summed E-state index contributed by atoms with van der Waals surface area (Å²) < 4.78 is 17.0. The van der Waals surface area contributed by atoms with Gasteiger partial charge < -0.3 is 13.9 Å².